The quantitative estimate of drug-likeness (QED) is 0.341. The van der Waals surface area contributed by atoms with Crippen molar-refractivity contribution in [3.63, 3.8) is 0 Å². The second-order valence-electron chi connectivity index (χ2n) is 10.7. The normalized spacial score (nSPS) is 14.8. The second kappa shape index (κ2) is 13.8. The number of carboxylic acids is 1. The first-order valence-corrected chi connectivity index (χ1v) is 12.6. The maximum Gasteiger partial charge on any atom is 0.407 e. The molecule has 2 aromatic carbocycles. The van der Waals surface area contributed by atoms with Gasteiger partial charge in [0.1, 0.15) is 11.6 Å². The lowest BCUT2D eigenvalue weighted by Gasteiger charge is -2.29. The van der Waals surface area contributed by atoms with Gasteiger partial charge < -0.3 is 25.6 Å². The molecular weight excluding hydrogens is 472 g/mol. The van der Waals surface area contributed by atoms with Crippen LogP contribution in [0, 0.1) is 11.8 Å². The predicted molar refractivity (Wildman–Crippen MR) is 142 cm³/mol. The van der Waals surface area contributed by atoms with Crippen LogP contribution < -0.4 is 10.6 Å². The molecule has 0 aliphatic carbocycles. The fourth-order valence-electron chi connectivity index (χ4n) is 4.03. The molecule has 202 valence electrons. The molecule has 2 rings (SSSR count). The second-order valence-corrected chi connectivity index (χ2v) is 10.7. The smallest absolute Gasteiger partial charge is 0.407 e. The van der Waals surface area contributed by atoms with E-state index in [1.165, 1.54) is 0 Å². The van der Waals surface area contributed by atoms with Crippen LogP contribution in [0.1, 0.15) is 52.2 Å². The molecule has 4 N–H and O–H groups in total. The average molecular weight is 513 g/mol. The molecule has 8 nitrogen and oxygen atoms in total. The number of aliphatic hydroxyl groups excluding tert-OH is 1. The highest BCUT2D eigenvalue weighted by Gasteiger charge is 2.32. The molecule has 0 heterocycles. The van der Waals surface area contributed by atoms with Gasteiger partial charge in [-0.15, -0.1) is 0 Å². The fourth-order valence-corrected chi connectivity index (χ4v) is 4.03. The third kappa shape index (κ3) is 10.6. The summed E-state index contributed by atoms with van der Waals surface area (Å²) >= 11 is 0. The molecule has 0 radical (unpaired) electrons. The van der Waals surface area contributed by atoms with E-state index < -0.39 is 47.7 Å². The van der Waals surface area contributed by atoms with Crippen molar-refractivity contribution in [1.82, 2.24) is 10.6 Å². The van der Waals surface area contributed by atoms with Crippen LogP contribution in [0.4, 0.5) is 4.79 Å². The highest BCUT2D eigenvalue weighted by atomic mass is 16.6. The Kier molecular flexibility index (Phi) is 11.1. The first-order chi connectivity index (χ1) is 17.4. The van der Waals surface area contributed by atoms with E-state index in [-0.39, 0.29) is 12.3 Å². The Bertz CT molecular complexity index is 1000. The Balaban J connectivity index is 2.28. The van der Waals surface area contributed by atoms with E-state index in [1.807, 2.05) is 60.7 Å². The number of amides is 2. The number of carbonyl (C=O) groups is 3. The lowest BCUT2D eigenvalue weighted by molar-refractivity contribution is -0.144. The van der Waals surface area contributed by atoms with Gasteiger partial charge in [0.25, 0.3) is 0 Å². The molecule has 2 aromatic rings. The lowest BCUT2D eigenvalue weighted by atomic mass is 9.88. The van der Waals surface area contributed by atoms with Crippen LogP contribution >= 0.6 is 0 Å². The molecule has 0 fully saturated rings. The Morgan fingerprint density at radius 2 is 1.38 bits per heavy atom. The van der Waals surface area contributed by atoms with Crippen molar-refractivity contribution < 1.29 is 29.3 Å². The number of aliphatic carboxylic acids is 1. The van der Waals surface area contributed by atoms with Gasteiger partial charge in [0.2, 0.25) is 5.91 Å². The maximum atomic E-state index is 13.3. The Hall–Kier alpha value is -3.39. The number of alkyl carbamates (subject to hydrolysis) is 1. The molecule has 0 unspecified atom stereocenters. The SMILES string of the molecule is CC(C)[C@H](NC(=O)[C@H](Cc1ccccc1)C[C@H](O)[C@H](Cc1ccccc1)NC(=O)OC(C)(C)C)C(=O)O. The summed E-state index contributed by atoms with van der Waals surface area (Å²) in [6.07, 6.45) is -1.13. The number of nitrogens with one attached hydrogen (secondary N) is 2. The van der Waals surface area contributed by atoms with Gasteiger partial charge in [-0.3, -0.25) is 4.79 Å². The van der Waals surface area contributed by atoms with E-state index in [2.05, 4.69) is 10.6 Å². The van der Waals surface area contributed by atoms with E-state index in [1.54, 1.807) is 34.6 Å². The number of aliphatic hydroxyl groups is 1. The highest BCUT2D eigenvalue weighted by molar-refractivity contribution is 5.85. The average Bonchev–Trinajstić information content (AvgIpc) is 2.81. The minimum absolute atomic E-state index is 0.0124. The van der Waals surface area contributed by atoms with E-state index >= 15 is 0 Å². The number of rotatable bonds is 12. The molecule has 0 aliphatic heterocycles. The molecule has 0 spiro atoms. The topological polar surface area (TPSA) is 125 Å². The lowest BCUT2D eigenvalue weighted by Crippen LogP contribution is -2.50. The van der Waals surface area contributed by atoms with Crippen LogP contribution in [-0.2, 0) is 27.2 Å². The summed E-state index contributed by atoms with van der Waals surface area (Å²) in [6, 6.07) is 17.0. The number of hydrogen-bond donors (Lipinski definition) is 4. The van der Waals surface area contributed by atoms with E-state index in [0.29, 0.717) is 12.8 Å². The van der Waals surface area contributed by atoms with Gasteiger partial charge in [0.15, 0.2) is 0 Å². The summed E-state index contributed by atoms with van der Waals surface area (Å²) in [5, 5.41) is 26.3. The first-order valence-electron chi connectivity index (χ1n) is 12.6. The van der Waals surface area contributed by atoms with Gasteiger partial charge in [0.05, 0.1) is 12.1 Å². The summed E-state index contributed by atoms with van der Waals surface area (Å²) in [5.41, 5.74) is 1.06. The molecule has 0 saturated heterocycles. The Morgan fingerprint density at radius 1 is 0.865 bits per heavy atom. The van der Waals surface area contributed by atoms with Crippen molar-refractivity contribution in [2.24, 2.45) is 11.8 Å². The van der Waals surface area contributed by atoms with Crippen molar-refractivity contribution in [3.8, 4) is 0 Å². The third-order valence-corrected chi connectivity index (χ3v) is 5.92. The van der Waals surface area contributed by atoms with Gasteiger partial charge in [-0.2, -0.15) is 0 Å². The minimum atomic E-state index is -1.11. The van der Waals surface area contributed by atoms with Crippen molar-refractivity contribution in [2.45, 2.75) is 77.7 Å². The number of benzene rings is 2. The van der Waals surface area contributed by atoms with Gasteiger partial charge in [0, 0.05) is 5.92 Å². The summed E-state index contributed by atoms with van der Waals surface area (Å²) in [4.78, 5) is 37.6. The Morgan fingerprint density at radius 3 is 1.84 bits per heavy atom. The minimum Gasteiger partial charge on any atom is -0.480 e. The summed E-state index contributed by atoms with van der Waals surface area (Å²) in [6.45, 7) is 8.70. The molecule has 0 bridgehead atoms. The zero-order valence-electron chi connectivity index (χ0n) is 22.3. The standard InChI is InChI=1S/C29H40N2O6/c1-19(2)25(27(34)35)31-26(33)22(16-20-12-8-6-9-13-20)18-24(32)23(17-21-14-10-7-11-15-21)30-28(36)37-29(3,4)5/h6-15,19,22-25,32H,16-18H2,1-5H3,(H,30,36)(H,31,33)(H,34,35)/t22-,23+,24+,25+/m1/s1. The van der Waals surface area contributed by atoms with Crippen molar-refractivity contribution in [2.75, 3.05) is 0 Å². The summed E-state index contributed by atoms with van der Waals surface area (Å²) in [7, 11) is 0. The molecular formula is C29H40N2O6. The molecule has 37 heavy (non-hydrogen) atoms. The van der Waals surface area contributed by atoms with Crippen LogP contribution in [-0.4, -0.2) is 52.0 Å². The van der Waals surface area contributed by atoms with Crippen molar-refractivity contribution >= 4 is 18.0 Å². The molecule has 0 saturated carbocycles. The first kappa shape index (κ1) is 29.8. The predicted octanol–water partition coefficient (Wildman–Crippen LogP) is 3.96. The zero-order chi connectivity index (χ0) is 27.6. The molecule has 4 atom stereocenters. The zero-order valence-corrected chi connectivity index (χ0v) is 22.3. The Labute approximate surface area is 219 Å². The van der Waals surface area contributed by atoms with Crippen LogP contribution in [0.25, 0.3) is 0 Å². The van der Waals surface area contributed by atoms with Gasteiger partial charge in [-0.1, -0.05) is 74.5 Å². The number of ether oxygens (including phenoxy) is 1. The van der Waals surface area contributed by atoms with Crippen LogP contribution in [0.2, 0.25) is 0 Å². The van der Waals surface area contributed by atoms with Crippen LogP contribution in [0.3, 0.4) is 0 Å². The monoisotopic (exact) mass is 512 g/mol. The van der Waals surface area contributed by atoms with E-state index in [0.717, 1.165) is 11.1 Å². The maximum absolute atomic E-state index is 13.3. The van der Waals surface area contributed by atoms with E-state index in [4.69, 9.17) is 4.74 Å². The largest absolute Gasteiger partial charge is 0.480 e. The number of hydrogen-bond acceptors (Lipinski definition) is 5. The van der Waals surface area contributed by atoms with E-state index in [9.17, 15) is 24.6 Å². The van der Waals surface area contributed by atoms with Crippen LogP contribution in [0.15, 0.2) is 60.7 Å². The van der Waals surface area contributed by atoms with Crippen molar-refractivity contribution in [3.05, 3.63) is 71.8 Å². The molecule has 0 aromatic heterocycles. The van der Waals surface area contributed by atoms with Crippen LogP contribution in [0.5, 0.6) is 0 Å². The van der Waals surface area contributed by atoms with Crippen molar-refractivity contribution in [1.29, 1.82) is 0 Å². The number of carbonyl (C=O) groups excluding carboxylic acids is 2. The summed E-state index contributed by atoms with van der Waals surface area (Å²) in [5.74, 6) is -2.62. The van der Waals surface area contributed by atoms with Gasteiger partial charge in [-0.05, 0) is 57.1 Å². The molecule has 0 aliphatic rings. The number of carboxylic acid groups (broad SMARTS) is 1. The van der Waals surface area contributed by atoms with Gasteiger partial charge >= 0.3 is 12.1 Å². The molecule has 8 heteroatoms. The third-order valence-electron chi connectivity index (χ3n) is 5.92. The summed E-state index contributed by atoms with van der Waals surface area (Å²) < 4.78 is 5.40. The van der Waals surface area contributed by atoms with Gasteiger partial charge in [-0.25, -0.2) is 9.59 Å². The fraction of sp³-hybridized carbons (Fsp3) is 0.483. The molecule has 2 amide bonds. The highest BCUT2D eigenvalue weighted by Crippen LogP contribution is 2.20.